The third-order valence-corrected chi connectivity index (χ3v) is 9.53. The van der Waals surface area contributed by atoms with Crippen LogP contribution in [0.15, 0.2) is 0 Å². The van der Waals surface area contributed by atoms with Gasteiger partial charge in [0.05, 0.1) is 6.61 Å². The summed E-state index contributed by atoms with van der Waals surface area (Å²) in [7, 11) is 1.92. The summed E-state index contributed by atoms with van der Waals surface area (Å²) in [5.74, 6) is 5.05. The van der Waals surface area contributed by atoms with E-state index in [4.69, 9.17) is 4.74 Å². The molecule has 0 aliphatic heterocycles. The van der Waals surface area contributed by atoms with E-state index >= 15 is 0 Å². The highest BCUT2D eigenvalue weighted by atomic mass is 16.5. The molecule has 0 N–H and O–H groups in total. The molecule has 0 radical (unpaired) electrons. The number of ketones is 1. The molecule has 142 valence electrons. The molecule has 0 bridgehead atoms. The Morgan fingerprint density at radius 2 is 1.84 bits per heavy atom. The number of ether oxygens (including phenoxy) is 1. The van der Waals surface area contributed by atoms with E-state index in [2.05, 4.69) is 13.8 Å². The Morgan fingerprint density at radius 3 is 2.56 bits per heavy atom. The minimum Gasteiger partial charge on any atom is -0.384 e. The smallest absolute Gasteiger partial charge is 0.133 e. The Morgan fingerprint density at radius 1 is 1.04 bits per heavy atom. The minimum atomic E-state index is 0.288. The Labute approximate surface area is 154 Å². The number of fused-ring (bicyclic) bond motifs is 5. The Balaban J connectivity index is 1.64. The van der Waals surface area contributed by atoms with E-state index in [0.717, 1.165) is 42.6 Å². The molecule has 0 unspecified atom stereocenters. The standard InChI is InChI=1S/C23H38O2/c1-15-9-12-23(14-25-4)17(13-15)5-6-18-20-8-7-19(16(2)24)22(20,3)11-10-21(18)23/h15,17-21H,5-14H2,1-4H3/t15-,17+,18+,19-,20+,21+,22-,23-/m1/s1. The molecule has 0 saturated heterocycles. The number of hydrogen-bond acceptors (Lipinski definition) is 2. The summed E-state index contributed by atoms with van der Waals surface area (Å²) >= 11 is 0. The summed E-state index contributed by atoms with van der Waals surface area (Å²) in [5.41, 5.74) is 0.732. The van der Waals surface area contributed by atoms with Gasteiger partial charge in [0, 0.05) is 13.0 Å². The van der Waals surface area contributed by atoms with Gasteiger partial charge in [0.25, 0.3) is 0 Å². The van der Waals surface area contributed by atoms with Crippen LogP contribution >= 0.6 is 0 Å². The number of methoxy groups -OCH3 is 1. The second-order valence-corrected chi connectivity index (χ2v) is 10.5. The van der Waals surface area contributed by atoms with E-state index in [1.54, 1.807) is 0 Å². The van der Waals surface area contributed by atoms with Crippen LogP contribution in [0.25, 0.3) is 0 Å². The molecule has 0 spiro atoms. The van der Waals surface area contributed by atoms with Crippen molar-refractivity contribution in [1.82, 2.24) is 0 Å². The maximum Gasteiger partial charge on any atom is 0.133 e. The average Bonchev–Trinajstić information content (AvgIpc) is 2.93. The lowest BCUT2D eigenvalue weighted by Crippen LogP contribution is -2.56. The maximum atomic E-state index is 12.3. The topological polar surface area (TPSA) is 26.3 Å². The maximum absolute atomic E-state index is 12.3. The molecule has 0 aromatic rings. The zero-order valence-corrected chi connectivity index (χ0v) is 16.9. The van der Waals surface area contributed by atoms with Gasteiger partial charge in [0.1, 0.15) is 5.78 Å². The van der Waals surface area contributed by atoms with Gasteiger partial charge in [0.15, 0.2) is 0 Å². The van der Waals surface area contributed by atoms with Gasteiger partial charge < -0.3 is 4.74 Å². The Kier molecular flexibility index (Phi) is 4.58. The van der Waals surface area contributed by atoms with Crippen LogP contribution in [-0.4, -0.2) is 19.5 Å². The number of rotatable bonds is 3. The minimum absolute atomic E-state index is 0.288. The lowest BCUT2D eigenvalue weighted by Gasteiger charge is -2.61. The van der Waals surface area contributed by atoms with Crippen molar-refractivity contribution in [3.63, 3.8) is 0 Å². The highest BCUT2D eigenvalue weighted by Crippen LogP contribution is 2.67. The second-order valence-electron chi connectivity index (χ2n) is 10.5. The molecule has 0 aromatic carbocycles. The summed E-state index contributed by atoms with van der Waals surface area (Å²) in [4.78, 5) is 12.3. The van der Waals surface area contributed by atoms with Crippen molar-refractivity contribution >= 4 is 5.78 Å². The predicted octanol–water partition coefficient (Wildman–Crippen LogP) is 5.50. The molecule has 4 rings (SSSR count). The van der Waals surface area contributed by atoms with E-state index in [0.29, 0.717) is 17.1 Å². The molecule has 25 heavy (non-hydrogen) atoms. The third-order valence-electron chi connectivity index (χ3n) is 9.53. The number of carbonyl (C=O) groups is 1. The average molecular weight is 347 g/mol. The van der Waals surface area contributed by atoms with Crippen molar-refractivity contribution in [1.29, 1.82) is 0 Å². The first kappa shape index (κ1) is 18.0. The van der Waals surface area contributed by atoms with Crippen LogP contribution in [0, 0.1) is 46.3 Å². The second kappa shape index (κ2) is 6.36. The summed E-state index contributed by atoms with van der Waals surface area (Å²) < 4.78 is 5.87. The van der Waals surface area contributed by atoms with E-state index in [1.165, 1.54) is 51.4 Å². The van der Waals surface area contributed by atoms with Crippen molar-refractivity contribution in [3.8, 4) is 0 Å². The normalized spacial score (nSPS) is 52.2. The number of carbonyl (C=O) groups excluding carboxylic acids is 1. The molecular formula is C23H38O2. The van der Waals surface area contributed by atoms with Gasteiger partial charge >= 0.3 is 0 Å². The van der Waals surface area contributed by atoms with E-state index in [-0.39, 0.29) is 5.41 Å². The highest BCUT2D eigenvalue weighted by molar-refractivity contribution is 5.79. The van der Waals surface area contributed by atoms with Crippen LogP contribution in [0.2, 0.25) is 0 Å². The Bertz CT molecular complexity index is 528. The fourth-order valence-corrected chi connectivity index (χ4v) is 8.48. The fraction of sp³-hybridized carbons (Fsp3) is 0.957. The molecule has 0 heterocycles. The number of hydrogen-bond donors (Lipinski definition) is 0. The van der Waals surface area contributed by atoms with Gasteiger partial charge in [-0.2, -0.15) is 0 Å². The third kappa shape index (κ3) is 2.57. The van der Waals surface area contributed by atoms with Crippen LogP contribution in [0.4, 0.5) is 0 Å². The van der Waals surface area contributed by atoms with Gasteiger partial charge in [0.2, 0.25) is 0 Å². The summed E-state index contributed by atoms with van der Waals surface area (Å²) in [6.45, 7) is 7.74. The van der Waals surface area contributed by atoms with Crippen LogP contribution in [0.5, 0.6) is 0 Å². The van der Waals surface area contributed by atoms with Crippen LogP contribution < -0.4 is 0 Å². The van der Waals surface area contributed by atoms with Crippen LogP contribution in [0.1, 0.15) is 78.6 Å². The quantitative estimate of drug-likeness (QED) is 0.675. The highest BCUT2D eigenvalue weighted by Gasteiger charge is 2.61. The Hall–Kier alpha value is -0.370. The van der Waals surface area contributed by atoms with Crippen molar-refractivity contribution in [2.24, 2.45) is 46.3 Å². The van der Waals surface area contributed by atoms with Gasteiger partial charge in [-0.25, -0.2) is 0 Å². The molecule has 8 atom stereocenters. The zero-order valence-electron chi connectivity index (χ0n) is 16.9. The SMILES string of the molecule is COC[C@]12CC[C@@H](C)C[C@@H]1CC[C@H]1[C@@H]3CC[C@H](C(C)=O)[C@@]3(C)CC[C@@H]12. The monoisotopic (exact) mass is 346 g/mol. The molecule has 4 aliphatic carbocycles. The molecule has 4 fully saturated rings. The summed E-state index contributed by atoms with van der Waals surface area (Å²) in [5, 5.41) is 0. The molecule has 2 nitrogen and oxygen atoms in total. The van der Waals surface area contributed by atoms with Crippen molar-refractivity contribution in [3.05, 3.63) is 0 Å². The fourth-order valence-electron chi connectivity index (χ4n) is 8.48. The summed E-state index contributed by atoms with van der Waals surface area (Å²) in [6, 6.07) is 0. The van der Waals surface area contributed by atoms with Gasteiger partial charge in [-0.15, -0.1) is 0 Å². The van der Waals surface area contributed by atoms with Crippen molar-refractivity contribution in [2.45, 2.75) is 78.6 Å². The van der Waals surface area contributed by atoms with Crippen molar-refractivity contribution in [2.75, 3.05) is 13.7 Å². The van der Waals surface area contributed by atoms with Gasteiger partial charge in [-0.05, 0) is 98.7 Å². The molecule has 0 aromatic heterocycles. The van der Waals surface area contributed by atoms with Crippen molar-refractivity contribution < 1.29 is 9.53 Å². The van der Waals surface area contributed by atoms with Crippen LogP contribution in [-0.2, 0) is 9.53 Å². The lowest BCUT2D eigenvalue weighted by atomic mass is 9.44. The first-order valence-electron chi connectivity index (χ1n) is 10.9. The molecule has 4 saturated carbocycles. The van der Waals surface area contributed by atoms with E-state index in [1.807, 2.05) is 14.0 Å². The molecule has 2 heteroatoms. The first-order valence-corrected chi connectivity index (χ1v) is 10.9. The van der Waals surface area contributed by atoms with Gasteiger partial charge in [-0.1, -0.05) is 20.3 Å². The largest absolute Gasteiger partial charge is 0.384 e. The molecule has 0 amide bonds. The zero-order chi connectivity index (χ0) is 17.8. The van der Waals surface area contributed by atoms with E-state index in [9.17, 15) is 4.79 Å². The first-order chi connectivity index (χ1) is 11.9. The van der Waals surface area contributed by atoms with Crippen LogP contribution in [0.3, 0.4) is 0 Å². The number of Topliss-reactive ketones (excluding diaryl/α,β-unsaturated/α-hetero) is 1. The van der Waals surface area contributed by atoms with E-state index < -0.39 is 0 Å². The lowest BCUT2D eigenvalue weighted by molar-refractivity contribution is -0.154. The summed E-state index contributed by atoms with van der Waals surface area (Å²) in [6.07, 6.45) is 12.1. The molecular weight excluding hydrogens is 308 g/mol. The van der Waals surface area contributed by atoms with Gasteiger partial charge in [-0.3, -0.25) is 4.79 Å². The molecule has 4 aliphatic rings. The predicted molar refractivity (Wildman–Crippen MR) is 101 cm³/mol.